The van der Waals surface area contributed by atoms with Gasteiger partial charge < -0.3 is 19.6 Å². The summed E-state index contributed by atoms with van der Waals surface area (Å²) in [6.07, 6.45) is -0.988. The molecule has 2 aromatic rings. The molecule has 1 amide bonds. The molecule has 2 fully saturated rings. The minimum atomic E-state index is -5.08. The Labute approximate surface area is 176 Å². The Morgan fingerprint density at radius 2 is 1.87 bits per heavy atom. The van der Waals surface area contributed by atoms with Crippen molar-refractivity contribution in [1.82, 2.24) is 19.5 Å². The number of carboxylic acids is 1. The van der Waals surface area contributed by atoms with E-state index >= 15 is 0 Å². The fourth-order valence-electron chi connectivity index (χ4n) is 3.54. The van der Waals surface area contributed by atoms with Gasteiger partial charge >= 0.3 is 12.1 Å². The highest BCUT2D eigenvalue weighted by atomic mass is 19.4. The number of ether oxygens (including phenoxy) is 1. The molecule has 1 unspecified atom stereocenters. The summed E-state index contributed by atoms with van der Waals surface area (Å²) in [4.78, 5) is 29.4. The van der Waals surface area contributed by atoms with Crippen LogP contribution in [0.3, 0.4) is 0 Å². The van der Waals surface area contributed by atoms with Crippen LogP contribution in [0.25, 0.3) is 5.65 Å². The molecular formula is C19H24F3N5O4. The number of pyridine rings is 1. The van der Waals surface area contributed by atoms with Crippen LogP contribution in [0.15, 0.2) is 18.3 Å². The number of carbonyl (C=O) groups excluding carboxylic acids is 1. The molecule has 0 bridgehead atoms. The van der Waals surface area contributed by atoms with E-state index in [1.807, 2.05) is 21.7 Å². The highest BCUT2D eigenvalue weighted by Crippen LogP contribution is 2.26. The van der Waals surface area contributed by atoms with Gasteiger partial charge in [0.15, 0.2) is 11.5 Å². The van der Waals surface area contributed by atoms with E-state index in [-0.39, 0.29) is 11.8 Å². The average Bonchev–Trinajstić information content (AvgIpc) is 3.18. The maximum atomic E-state index is 11.6. The van der Waals surface area contributed by atoms with Gasteiger partial charge in [0.1, 0.15) is 0 Å². The van der Waals surface area contributed by atoms with Crippen molar-refractivity contribution in [3.05, 3.63) is 24.2 Å². The molecule has 2 aliphatic heterocycles. The standard InChI is InChI=1S/C17H23N5O2.C2HF3O2/c1-13(23)21-6-2-3-14(11-21)17-18-16-5-4-15(12-22(16)19-17)20-7-9-24-10-8-20;3-2(4,5)1(6)7/h4-5,12,14H,2-3,6-11H2,1H3;(H,6,7). The minimum absolute atomic E-state index is 0.137. The quantitative estimate of drug-likeness (QED) is 0.757. The summed E-state index contributed by atoms with van der Waals surface area (Å²) < 4.78 is 39.0. The van der Waals surface area contributed by atoms with Crippen LogP contribution >= 0.6 is 0 Å². The van der Waals surface area contributed by atoms with Crippen molar-refractivity contribution < 1.29 is 32.6 Å². The topological polar surface area (TPSA) is 100 Å². The second-order valence-corrected chi connectivity index (χ2v) is 7.37. The lowest BCUT2D eigenvalue weighted by atomic mass is 9.97. The number of hydrogen-bond donors (Lipinski definition) is 1. The molecule has 12 heteroatoms. The van der Waals surface area contributed by atoms with Crippen LogP contribution in [0.4, 0.5) is 18.9 Å². The monoisotopic (exact) mass is 443 g/mol. The zero-order chi connectivity index (χ0) is 22.6. The predicted molar refractivity (Wildman–Crippen MR) is 104 cm³/mol. The number of nitrogens with zero attached hydrogens (tertiary/aromatic N) is 5. The largest absolute Gasteiger partial charge is 0.490 e. The Hall–Kier alpha value is -2.89. The van der Waals surface area contributed by atoms with Gasteiger partial charge in [-0.3, -0.25) is 4.79 Å². The molecular weight excluding hydrogens is 419 g/mol. The number of halogens is 3. The Morgan fingerprint density at radius 1 is 1.19 bits per heavy atom. The van der Waals surface area contributed by atoms with Gasteiger partial charge in [-0.05, 0) is 25.0 Å². The summed E-state index contributed by atoms with van der Waals surface area (Å²) >= 11 is 0. The Bertz CT molecular complexity index is 927. The third kappa shape index (κ3) is 5.84. The number of piperidine rings is 1. The summed E-state index contributed by atoms with van der Waals surface area (Å²) in [5, 5.41) is 11.8. The number of morpholine rings is 1. The molecule has 2 saturated heterocycles. The maximum Gasteiger partial charge on any atom is 0.490 e. The highest BCUT2D eigenvalue weighted by Gasteiger charge is 2.38. The maximum absolute atomic E-state index is 11.6. The first-order chi connectivity index (χ1) is 14.6. The average molecular weight is 443 g/mol. The van der Waals surface area contributed by atoms with E-state index in [9.17, 15) is 18.0 Å². The van der Waals surface area contributed by atoms with Gasteiger partial charge in [-0.1, -0.05) is 0 Å². The SMILES string of the molecule is CC(=O)N1CCCC(c2nc3ccc(N4CCOCC4)cn3n2)C1.O=C(O)C(F)(F)F. The van der Waals surface area contributed by atoms with E-state index in [1.54, 1.807) is 6.92 Å². The number of fused-ring (bicyclic) bond motifs is 1. The highest BCUT2D eigenvalue weighted by molar-refractivity contribution is 5.73. The summed E-state index contributed by atoms with van der Waals surface area (Å²) in [6.45, 7) is 6.55. The van der Waals surface area contributed by atoms with E-state index in [0.717, 1.165) is 69.4 Å². The molecule has 1 N–H and O–H groups in total. The Kier molecular flexibility index (Phi) is 6.98. The fourth-order valence-corrected chi connectivity index (χ4v) is 3.54. The number of carbonyl (C=O) groups is 2. The normalized spacial score (nSPS) is 19.7. The lowest BCUT2D eigenvalue weighted by Crippen LogP contribution is -2.37. The first-order valence-corrected chi connectivity index (χ1v) is 9.90. The molecule has 0 aromatic carbocycles. The van der Waals surface area contributed by atoms with Crippen LogP contribution in [0.2, 0.25) is 0 Å². The number of anilines is 1. The van der Waals surface area contributed by atoms with Gasteiger partial charge in [-0.25, -0.2) is 14.3 Å². The molecule has 0 aliphatic carbocycles. The van der Waals surface area contributed by atoms with Gasteiger partial charge in [0.25, 0.3) is 0 Å². The molecule has 170 valence electrons. The number of aromatic nitrogens is 3. The first-order valence-electron chi connectivity index (χ1n) is 9.90. The van der Waals surface area contributed by atoms with E-state index in [1.165, 1.54) is 0 Å². The van der Waals surface area contributed by atoms with E-state index in [4.69, 9.17) is 19.7 Å². The third-order valence-electron chi connectivity index (χ3n) is 5.18. The zero-order valence-corrected chi connectivity index (χ0v) is 17.0. The molecule has 9 nitrogen and oxygen atoms in total. The molecule has 2 aromatic heterocycles. The molecule has 1 atom stereocenters. The number of likely N-dealkylation sites (tertiary alicyclic amines) is 1. The van der Waals surface area contributed by atoms with E-state index in [2.05, 4.69) is 16.0 Å². The van der Waals surface area contributed by atoms with Gasteiger partial charge in [0, 0.05) is 39.0 Å². The molecule has 0 spiro atoms. The lowest BCUT2D eigenvalue weighted by molar-refractivity contribution is -0.192. The second kappa shape index (κ2) is 9.50. The smallest absolute Gasteiger partial charge is 0.475 e. The van der Waals surface area contributed by atoms with E-state index in [0.29, 0.717) is 0 Å². The van der Waals surface area contributed by atoms with Crippen LogP contribution in [0.5, 0.6) is 0 Å². The second-order valence-electron chi connectivity index (χ2n) is 7.37. The summed E-state index contributed by atoms with van der Waals surface area (Å²) in [5.74, 6) is -1.54. The van der Waals surface area contributed by atoms with Crippen LogP contribution in [-0.4, -0.2) is 82.1 Å². The number of carboxylic acid groups (broad SMARTS) is 1. The predicted octanol–water partition coefficient (Wildman–Crippen LogP) is 1.93. The number of rotatable bonds is 2. The Balaban J connectivity index is 0.000000339. The summed E-state index contributed by atoms with van der Waals surface area (Å²) in [5.41, 5.74) is 2.01. The van der Waals surface area contributed by atoms with Crippen molar-refractivity contribution in [3.63, 3.8) is 0 Å². The molecule has 2 aliphatic rings. The van der Waals surface area contributed by atoms with E-state index < -0.39 is 12.1 Å². The third-order valence-corrected chi connectivity index (χ3v) is 5.18. The van der Waals surface area contributed by atoms with Gasteiger partial charge in [-0.15, -0.1) is 0 Å². The van der Waals surface area contributed by atoms with Gasteiger partial charge in [0.05, 0.1) is 25.1 Å². The fraction of sp³-hybridized carbons (Fsp3) is 0.579. The lowest BCUT2D eigenvalue weighted by Gasteiger charge is -2.30. The van der Waals surface area contributed by atoms with Crippen LogP contribution in [-0.2, 0) is 14.3 Å². The van der Waals surface area contributed by atoms with Crippen LogP contribution in [0.1, 0.15) is 31.5 Å². The molecule has 0 radical (unpaired) electrons. The number of amides is 1. The number of aliphatic carboxylic acids is 1. The minimum Gasteiger partial charge on any atom is -0.475 e. The molecule has 4 heterocycles. The Morgan fingerprint density at radius 3 is 2.48 bits per heavy atom. The van der Waals surface area contributed by atoms with Crippen molar-refractivity contribution in [2.75, 3.05) is 44.3 Å². The van der Waals surface area contributed by atoms with Crippen molar-refractivity contribution in [2.24, 2.45) is 0 Å². The number of alkyl halides is 3. The van der Waals surface area contributed by atoms with Crippen LogP contribution < -0.4 is 4.90 Å². The van der Waals surface area contributed by atoms with Gasteiger partial charge in [0.2, 0.25) is 5.91 Å². The first kappa shape index (κ1) is 22.8. The van der Waals surface area contributed by atoms with Crippen molar-refractivity contribution in [2.45, 2.75) is 31.9 Å². The van der Waals surface area contributed by atoms with Crippen LogP contribution in [0, 0.1) is 0 Å². The zero-order valence-electron chi connectivity index (χ0n) is 17.0. The van der Waals surface area contributed by atoms with Gasteiger partial charge in [-0.2, -0.15) is 18.3 Å². The molecule has 0 saturated carbocycles. The summed E-state index contributed by atoms with van der Waals surface area (Å²) in [7, 11) is 0. The number of hydrogen-bond acceptors (Lipinski definition) is 6. The summed E-state index contributed by atoms with van der Waals surface area (Å²) in [6, 6.07) is 4.12. The molecule has 4 rings (SSSR count). The van der Waals surface area contributed by atoms with Crippen molar-refractivity contribution in [1.29, 1.82) is 0 Å². The van der Waals surface area contributed by atoms with Crippen molar-refractivity contribution >= 4 is 23.2 Å². The molecule has 31 heavy (non-hydrogen) atoms. The van der Waals surface area contributed by atoms with Crippen molar-refractivity contribution in [3.8, 4) is 0 Å².